The Balaban J connectivity index is 0.00000338. The molecule has 0 spiro atoms. The highest BCUT2D eigenvalue weighted by atomic mass is 127. The number of rotatable bonds is 7. The lowest BCUT2D eigenvalue weighted by Gasteiger charge is -2.17. The van der Waals surface area contributed by atoms with Gasteiger partial charge in [0.25, 0.3) is 5.91 Å². The highest BCUT2D eigenvalue weighted by Gasteiger charge is 2.24. The van der Waals surface area contributed by atoms with Gasteiger partial charge < -0.3 is 16.0 Å². The van der Waals surface area contributed by atoms with Gasteiger partial charge in [0.15, 0.2) is 5.96 Å². The summed E-state index contributed by atoms with van der Waals surface area (Å²) in [5.74, 6) is 0.815. The summed E-state index contributed by atoms with van der Waals surface area (Å²) in [6, 6.07) is 7.88. The van der Waals surface area contributed by atoms with Crippen molar-refractivity contribution in [1.82, 2.24) is 16.0 Å². The second-order valence-electron chi connectivity index (χ2n) is 6.13. The number of halogens is 2. The fraction of sp³-hybridized carbons (Fsp3) is 0.556. The minimum atomic E-state index is -0.0379. The average Bonchev–Trinajstić information content (AvgIpc) is 3.08. The Labute approximate surface area is 186 Å². The number of nitrogens with zero attached hydrogens (tertiary/aromatic N) is 1. The quantitative estimate of drug-likeness (QED) is 0.208. The van der Waals surface area contributed by atoms with E-state index in [4.69, 9.17) is 0 Å². The predicted molar refractivity (Wildman–Crippen MR) is 126 cm³/mol. The van der Waals surface area contributed by atoms with E-state index >= 15 is 0 Å². The van der Waals surface area contributed by atoms with Gasteiger partial charge in [0.2, 0.25) is 0 Å². The summed E-state index contributed by atoms with van der Waals surface area (Å²) in [5.41, 5.74) is 0.679. The van der Waals surface area contributed by atoms with Gasteiger partial charge in [0.05, 0.1) is 0 Å². The van der Waals surface area contributed by atoms with Gasteiger partial charge in [-0.2, -0.15) is 11.8 Å². The molecule has 1 fully saturated rings. The van der Waals surface area contributed by atoms with E-state index < -0.39 is 0 Å². The zero-order valence-electron chi connectivity index (χ0n) is 15.3. The molecular formula is C18H28BrIN4OS. The van der Waals surface area contributed by atoms with E-state index in [1.165, 1.54) is 19.3 Å². The lowest BCUT2D eigenvalue weighted by atomic mass is 10.2. The van der Waals surface area contributed by atoms with Crippen LogP contribution in [0.15, 0.2) is 33.7 Å². The lowest BCUT2D eigenvalue weighted by molar-refractivity contribution is 0.0953. The number of thioether (sulfide) groups is 1. The molecule has 2 atom stereocenters. The van der Waals surface area contributed by atoms with Crippen LogP contribution in [0.3, 0.4) is 0 Å². The Morgan fingerprint density at radius 3 is 2.54 bits per heavy atom. The minimum Gasteiger partial charge on any atom is -0.356 e. The third-order valence-corrected chi connectivity index (χ3v) is 5.94. The molecule has 2 rings (SSSR count). The third kappa shape index (κ3) is 8.04. The van der Waals surface area contributed by atoms with Crippen LogP contribution in [0, 0.1) is 0 Å². The Hall–Kier alpha value is -0.480. The van der Waals surface area contributed by atoms with Crippen LogP contribution in [0.25, 0.3) is 0 Å². The van der Waals surface area contributed by atoms with E-state index in [1.54, 1.807) is 7.05 Å². The normalized spacial score (nSPS) is 19.6. The van der Waals surface area contributed by atoms with Gasteiger partial charge in [-0.15, -0.1) is 24.0 Å². The molecule has 3 N–H and O–H groups in total. The molecule has 26 heavy (non-hydrogen) atoms. The Bertz CT molecular complexity index is 585. The van der Waals surface area contributed by atoms with Crippen LogP contribution < -0.4 is 16.0 Å². The predicted octanol–water partition coefficient (Wildman–Crippen LogP) is 3.64. The fourth-order valence-electron chi connectivity index (χ4n) is 2.87. The van der Waals surface area contributed by atoms with Crippen LogP contribution >= 0.6 is 51.7 Å². The summed E-state index contributed by atoms with van der Waals surface area (Å²) in [6.07, 6.45) is 6.71. The van der Waals surface area contributed by atoms with Gasteiger partial charge in [0, 0.05) is 41.5 Å². The van der Waals surface area contributed by atoms with Crippen molar-refractivity contribution in [2.75, 3.05) is 26.4 Å². The first-order chi connectivity index (χ1) is 12.1. The molecule has 1 amide bonds. The van der Waals surface area contributed by atoms with Crippen molar-refractivity contribution in [3.63, 3.8) is 0 Å². The van der Waals surface area contributed by atoms with E-state index in [0.29, 0.717) is 18.2 Å². The number of hydrogen-bond donors (Lipinski definition) is 3. The van der Waals surface area contributed by atoms with Gasteiger partial charge in [0.1, 0.15) is 0 Å². The standard InChI is InChI=1S/C18H27BrN4OS.HI/c1-20-18(23-15-8-9-16(12-15)25-2)22-11-3-10-21-17(24)13-4-6-14(19)7-5-13;/h4-7,15-16H,3,8-12H2,1-2H3,(H,21,24)(H2,20,22,23);1H. The largest absolute Gasteiger partial charge is 0.356 e. The van der Waals surface area contributed by atoms with Gasteiger partial charge in [-0.25, -0.2) is 0 Å². The van der Waals surface area contributed by atoms with Crippen molar-refractivity contribution in [2.24, 2.45) is 4.99 Å². The van der Waals surface area contributed by atoms with Gasteiger partial charge in [-0.05, 0) is 56.2 Å². The van der Waals surface area contributed by atoms with Crippen LogP contribution in [0.1, 0.15) is 36.0 Å². The molecule has 0 heterocycles. The summed E-state index contributed by atoms with van der Waals surface area (Å²) >= 11 is 5.32. The third-order valence-electron chi connectivity index (χ3n) is 4.32. The first kappa shape index (κ1) is 23.6. The summed E-state index contributed by atoms with van der Waals surface area (Å²) in [6.45, 7) is 1.41. The number of amides is 1. The molecule has 0 radical (unpaired) electrons. The average molecular weight is 555 g/mol. The summed E-state index contributed by atoms with van der Waals surface area (Å²) in [4.78, 5) is 16.3. The second kappa shape index (κ2) is 12.8. The zero-order valence-corrected chi connectivity index (χ0v) is 20.0. The summed E-state index contributed by atoms with van der Waals surface area (Å²) in [7, 11) is 1.80. The number of guanidine groups is 1. The maximum Gasteiger partial charge on any atom is 0.251 e. The molecule has 0 saturated heterocycles. The van der Waals surface area contributed by atoms with Crippen LogP contribution in [0.4, 0.5) is 0 Å². The first-order valence-corrected chi connectivity index (χ1v) is 10.7. The van der Waals surface area contributed by atoms with E-state index in [1.807, 2.05) is 36.0 Å². The minimum absolute atomic E-state index is 0. The SMILES string of the molecule is CN=C(NCCCNC(=O)c1ccc(Br)cc1)NC1CCC(SC)C1.I. The second-order valence-corrected chi connectivity index (χ2v) is 8.18. The molecule has 146 valence electrons. The maximum absolute atomic E-state index is 12.0. The molecule has 1 aromatic carbocycles. The molecule has 1 saturated carbocycles. The topological polar surface area (TPSA) is 65.5 Å². The smallest absolute Gasteiger partial charge is 0.251 e. The molecule has 5 nitrogen and oxygen atoms in total. The Morgan fingerprint density at radius 2 is 1.92 bits per heavy atom. The molecule has 8 heteroatoms. The molecular weight excluding hydrogens is 527 g/mol. The van der Waals surface area contributed by atoms with Gasteiger partial charge in [-0.1, -0.05) is 15.9 Å². The van der Waals surface area contributed by atoms with Crippen molar-refractivity contribution in [3.8, 4) is 0 Å². The van der Waals surface area contributed by atoms with Crippen LogP contribution in [-0.2, 0) is 0 Å². The first-order valence-electron chi connectivity index (χ1n) is 8.66. The van der Waals surface area contributed by atoms with Crippen LogP contribution in [0.5, 0.6) is 0 Å². The van der Waals surface area contributed by atoms with E-state index in [2.05, 4.69) is 43.1 Å². The van der Waals surface area contributed by atoms with Crippen LogP contribution in [0.2, 0.25) is 0 Å². The number of aliphatic imine (C=N–C) groups is 1. The number of benzene rings is 1. The van der Waals surface area contributed by atoms with E-state index in [9.17, 15) is 4.79 Å². The van der Waals surface area contributed by atoms with Gasteiger partial charge in [-0.3, -0.25) is 9.79 Å². The molecule has 1 aliphatic carbocycles. The molecule has 2 unspecified atom stereocenters. The fourth-order valence-corrected chi connectivity index (χ4v) is 3.93. The highest BCUT2D eigenvalue weighted by molar-refractivity contribution is 14.0. The number of hydrogen-bond acceptors (Lipinski definition) is 3. The number of carbonyl (C=O) groups is 1. The number of carbonyl (C=O) groups excluding carboxylic acids is 1. The molecule has 0 aliphatic heterocycles. The van der Waals surface area contributed by atoms with E-state index in [0.717, 1.165) is 28.6 Å². The van der Waals surface area contributed by atoms with Crippen molar-refractivity contribution < 1.29 is 4.79 Å². The van der Waals surface area contributed by atoms with Crippen molar-refractivity contribution in [1.29, 1.82) is 0 Å². The lowest BCUT2D eigenvalue weighted by Crippen LogP contribution is -2.43. The van der Waals surface area contributed by atoms with Crippen LogP contribution in [-0.4, -0.2) is 49.6 Å². The van der Waals surface area contributed by atoms with E-state index in [-0.39, 0.29) is 29.9 Å². The monoisotopic (exact) mass is 554 g/mol. The number of nitrogens with one attached hydrogen (secondary N) is 3. The summed E-state index contributed by atoms with van der Waals surface area (Å²) in [5, 5.41) is 10.5. The molecule has 0 bridgehead atoms. The van der Waals surface area contributed by atoms with Crippen molar-refractivity contribution in [2.45, 2.75) is 37.0 Å². The Kier molecular flexibility index (Phi) is 11.6. The van der Waals surface area contributed by atoms with Gasteiger partial charge >= 0.3 is 0 Å². The zero-order chi connectivity index (χ0) is 18.1. The van der Waals surface area contributed by atoms with Crippen molar-refractivity contribution in [3.05, 3.63) is 34.3 Å². The molecule has 1 aromatic rings. The Morgan fingerprint density at radius 1 is 1.23 bits per heavy atom. The molecule has 1 aliphatic rings. The van der Waals surface area contributed by atoms with Crippen molar-refractivity contribution >= 4 is 63.5 Å². The molecule has 0 aromatic heterocycles. The summed E-state index contributed by atoms with van der Waals surface area (Å²) < 4.78 is 0.971. The maximum atomic E-state index is 12.0. The highest BCUT2D eigenvalue weighted by Crippen LogP contribution is 2.27.